The Morgan fingerprint density at radius 2 is 1.69 bits per heavy atom. The van der Waals surface area contributed by atoms with Crippen LogP contribution in [-0.2, 0) is 13.0 Å². The molecule has 0 atom stereocenters. The molecule has 0 saturated heterocycles. The summed E-state index contributed by atoms with van der Waals surface area (Å²) in [6.45, 7) is 5.36. The van der Waals surface area contributed by atoms with E-state index in [0.717, 1.165) is 46.0 Å². The zero-order valence-electron chi connectivity index (χ0n) is 21.5. The monoisotopic (exact) mass is 532 g/mol. The minimum absolute atomic E-state index is 0.142. The van der Waals surface area contributed by atoms with Gasteiger partial charge in [-0.05, 0) is 52.6 Å². The average Bonchev–Trinajstić information content (AvgIpc) is 3.43. The van der Waals surface area contributed by atoms with Gasteiger partial charge in [-0.15, -0.1) is 0 Å². The fourth-order valence-electron chi connectivity index (χ4n) is 5.91. The summed E-state index contributed by atoms with van der Waals surface area (Å²) >= 11 is 6.80. The number of aromatic nitrogens is 4. The molecule has 0 aliphatic carbocycles. The second-order valence-corrected chi connectivity index (χ2v) is 11.4. The molecule has 1 N–H and O–H groups in total. The summed E-state index contributed by atoms with van der Waals surface area (Å²) in [7, 11) is 0. The Kier molecular flexibility index (Phi) is 5.19. The van der Waals surface area contributed by atoms with Crippen LogP contribution in [0.3, 0.4) is 0 Å². The number of nitrogens with zero attached hydrogens (tertiary/aromatic N) is 3. The van der Waals surface area contributed by atoms with Crippen molar-refractivity contribution in [1.29, 1.82) is 0 Å². The number of aromatic amines is 1. The van der Waals surface area contributed by atoms with Crippen LogP contribution in [0, 0.1) is 5.41 Å². The molecule has 4 aromatic carbocycles. The second kappa shape index (κ2) is 8.55. The molecule has 0 amide bonds. The second-order valence-electron chi connectivity index (χ2n) is 11.0. The van der Waals surface area contributed by atoms with Gasteiger partial charge in [0.25, 0.3) is 5.56 Å². The Hall–Kier alpha value is -4.42. The van der Waals surface area contributed by atoms with Crippen molar-refractivity contribution in [3.05, 3.63) is 117 Å². The Morgan fingerprint density at radius 1 is 0.897 bits per heavy atom. The molecular formula is C32H25ClN4O2. The van der Waals surface area contributed by atoms with Crippen molar-refractivity contribution in [2.75, 3.05) is 0 Å². The normalized spacial score (nSPS) is 14.2. The molecule has 0 spiro atoms. The molecule has 39 heavy (non-hydrogen) atoms. The lowest BCUT2D eigenvalue weighted by Gasteiger charge is -2.16. The van der Waals surface area contributed by atoms with E-state index in [2.05, 4.69) is 34.7 Å². The van der Waals surface area contributed by atoms with Crippen molar-refractivity contribution in [1.82, 2.24) is 19.3 Å². The van der Waals surface area contributed by atoms with Gasteiger partial charge in [-0.1, -0.05) is 80.0 Å². The molecule has 0 unspecified atom stereocenters. The van der Waals surface area contributed by atoms with Crippen LogP contribution in [0.2, 0.25) is 5.02 Å². The summed E-state index contributed by atoms with van der Waals surface area (Å²) in [5.41, 5.74) is 5.19. The van der Waals surface area contributed by atoms with Crippen LogP contribution in [0.15, 0.2) is 94.6 Å². The van der Waals surface area contributed by atoms with E-state index in [0.29, 0.717) is 21.6 Å². The average molecular weight is 533 g/mol. The van der Waals surface area contributed by atoms with Gasteiger partial charge in [0.1, 0.15) is 0 Å². The van der Waals surface area contributed by atoms with Gasteiger partial charge in [-0.2, -0.15) is 5.10 Å². The first-order valence-electron chi connectivity index (χ1n) is 12.9. The summed E-state index contributed by atoms with van der Waals surface area (Å²) < 4.78 is 3.29. The molecule has 7 rings (SSSR count). The van der Waals surface area contributed by atoms with Gasteiger partial charge in [0.2, 0.25) is 0 Å². The van der Waals surface area contributed by atoms with Crippen molar-refractivity contribution >= 4 is 33.3 Å². The van der Waals surface area contributed by atoms with Crippen LogP contribution in [0.4, 0.5) is 0 Å². The third-order valence-corrected chi connectivity index (χ3v) is 7.99. The SMILES string of the molecule is CC1(C)Cc2c(-c3cccc(Cl)c3-c3ccc4c(=O)n(-c5cccc6ccccc56)c(=O)[nH]c4c3)cnn2C1. The molecule has 0 radical (unpaired) electrons. The molecule has 2 aromatic heterocycles. The molecule has 7 heteroatoms. The quantitative estimate of drug-likeness (QED) is 0.279. The van der Waals surface area contributed by atoms with Crippen molar-refractivity contribution in [2.24, 2.45) is 5.41 Å². The zero-order chi connectivity index (χ0) is 26.9. The van der Waals surface area contributed by atoms with Gasteiger partial charge < -0.3 is 4.98 Å². The minimum atomic E-state index is -0.489. The van der Waals surface area contributed by atoms with Crippen LogP contribution in [0.25, 0.3) is 49.6 Å². The predicted octanol–water partition coefficient (Wildman–Crippen LogP) is 6.60. The van der Waals surface area contributed by atoms with Crippen LogP contribution >= 0.6 is 11.6 Å². The van der Waals surface area contributed by atoms with E-state index in [4.69, 9.17) is 11.6 Å². The van der Waals surface area contributed by atoms with Crippen LogP contribution in [0.1, 0.15) is 19.5 Å². The Balaban J connectivity index is 1.41. The zero-order valence-corrected chi connectivity index (χ0v) is 22.3. The number of hydrogen-bond donors (Lipinski definition) is 1. The topological polar surface area (TPSA) is 72.7 Å². The first kappa shape index (κ1) is 23.7. The Morgan fingerprint density at radius 3 is 2.56 bits per heavy atom. The number of fused-ring (bicyclic) bond motifs is 3. The summed E-state index contributed by atoms with van der Waals surface area (Å²) in [4.78, 5) is 29.9. The third-order valence-electron chi connectivity index (χ3n) is 7.67. The first-order chi connectivity index (χ1) is 18.8. The smallest absolute Gasteiger partial charge is 0.306 e. The highest BCUT2D eigenvalue weighted by atomic mass is 35.5. The molecule has 1 aliphatic rings. The summed E-state index contributed by atoms with van der Waals surface area (Å²) in [6, 6.07) is 24.7. The van der Waals surface area contributed by atoms with Gasteiger partial charge in [-0.3, -0.25) is 9.48 Å². The standard InChI is InChI=1S/C32H25ClN4O2/c1-32(2)16-28-24(17-34-36(28)18-32)22-10-6-11-25(33)29(22)20-13-14-23-26(15-20)35-31(39)37(30(23)38)27-12-5-8-19-7-3-4-9-21(19)27/h3-15,17H,16,18H2,1-2H3,(H,35,39). The summed E-state index contributed by atoms with van der Waals surface area (Å²) in [5, 5.41) is 7.46. The summed E-state index contributed by atoms with van der Waals surface area (Å²) in [6.07, 6.45) is 2.83. The molecule has 6 nitrogen and oxygen atoms in total. The molecular weight excluding hydrogens is 508 g/mol. The van der Waals surface area contributed by atoms with Crippen molar-refractivity contribution in [2.45, 2.75) is 26.8 Å². The maximum Gasteiger partial charge on any atom is 0.333 e. The lowest BCUT2D eigenvalue weighted by Crippen LogP contribution is -2.33. The lowest BCUT2D eigenvalue weighted by atomic mass is 9.88. The van der Waals surface area contributed by atoms with E-state index in [1.807, 2.05) is 66.9 Å². The van der Waals surface area contributed by atoms with Gasteiger partial charge in [0.15, 0.2) is 0 Å². The van der Waals surface area contributed by atoms with Crippen molar-refractivity contribution < 1.29 is 0 Å². The first-order valence-corrected chi connectivity index (χ1v) is 13.3. The maximum absolute atomic E-state index is 13.7. The number of benzene rings is 4. The highest BCUT2D eigenvalue weighted by Crippen LogP contribution is 2.43. The maximum atomic E-state index is 13.7. The molecule has 6 aromatic rings. The van der Waals surface area contributed by atoms with Crippen LogP contribution in [-0.4, -0.2) is 19.3 Å². The highest BCUT2D eigenvalue weighted by molar-refractivity contribution is 6.34. The van der Waals surface area contributed by atoms with E-state index in [1.165, 1.54) is 10.3 Å². The molecule has 1 aliphatic heterocycles. The molecule has 3 heterocycles. The van der Waals surface area contributed by atoms with Crippen LogP contribution in [0.5, 0.6) is 0 Å². The van der Waals surface area contributed by atoms with E-state index in [9.17, 15) is 9.59 Å². The van der Waals surface area contributed by atoms with Gasteiger partial charge in [-0.25, -0.2) is 9.36 Å². The number of nitrogens with one attached hydrogen (secondary N) is 1. The Labute approximate surface area is 229 Å². The minimum Gasteiger partial charge on any atom is -0.306 e. The molecule has 0 fully saturated rings. The number of halogens is 1. The van der Waals surface area contributed by atoms with Gasteiger partial charge in [0, 0.05) is 33.8 Å². The molecule has 192 valence electrons. The van der Waals surface area contributed by atoms with Gasteiger partial charge in [0.05, 0.1) is 22.8 Å². The summed E-state index contributed by atoms with van der Waals surface area (Å²) in [5.74, 6) is 0. The predicted molar refractivity (Wildman–Crippen MR) is 157 cm³/mol. The number of H-pyrrole nitrogens is 1. The van der Waals surface area contributed by atoms with E-state index in [1.54, 1.807) is 12.1 Å². The van der Waals surface area contributed by atoms with E-state index < -0.39 is 5.69 Å². The largest absolute Gasteiger partial charge is 0.333 e. The fourth-order valence-corrected chi connectivity index (χ4v) is 6.19. The molecule has 0 bridgehead atoms. The Bertz CT molecular complexity index is 2060. The number of rotatable bonds is 3. The van der Waals surface area contributed by atoms with Crippen LogP contribution < -0.4 is 11.2 Å². The van der Waals surface area contributed by atoms with Gasteiger partial charge >= 0.3 is 5.69 Å². The van der Waals surface area contributed by atoms with Crippen molar-refractivity contribution in [3.8, 4) is 27.9 Å². The van der Waals surface area contributed by atoms with E-state index >= 15 is 0 Å². The molecule has 0 saturated carbocycles. The van der Waals surface area contributed by atoms with Crippen molar-refractivity contribution in [3.63, 3.8) is 0 Å². The number of hydrogen-bond acceptors (Lipinski definition) is 3. The highest BCUT2D eigenvalue weighted by Gasteiger charge is 2.32. The lowest BCUT2D eigenvalue weighted by molar-refractivity contribution is 0.347. The third kappa shape index (κ3) is 3.74. The fraction of sp³-hybridized carbons (Fsp3) is 0.156. The van der Waals surface area contributed by atoms with E-state index in [-0.39, 0.29) is 11.0 Å².